The molecule has 2 aromatic carbocycles. The highest BCUT2D eigenvalue weighted by Crippen LogP contribution is 2.23. The van der Waals surface area contributed by atoms with E-state index in [1.165, 1.54) is 12.1 Å². The van der Waals surface area contributed by atoms with Crippen molar-refractivity contribution in [2.75, 3.05) is 17.7 Å². The average molecular weight is 338 g/mol. The zero-order chi connectivity index (χ0) is 17.7. The third-order valence-corrected chi connectivity index (χ3v) is 3.37. The molecule has 24 heavy (non-hydrogen) atoms. The van der Waals surface area contributed by atoms with E-state index >= 15 is 0 Å². The molecule has 7 heteroatoms. The van der Waals surface area contributed by atoms with Crippen LogP contribution in [0.3, 0.4) is 0 Å². The minimum Gasteiger partial charge on any atom is -0.497 e. The van der Waals surface area contributed by atoms with Crippen molar-refractivity contribution in [3.05, 3.63) is 53.6 Å². The Morgan fingerprint density at radius 2 is 1.92 bits per heavy atom. The maximum absolute atomic E-state index is 12.3. The number of aryl methyl sites for hydroxylation is 1. The molecule has 0 heterocycles. The molecule has 2 rings (SSSR count). The van der Waals surface area contributed by atoms with Crippen molar-refractivity contribution in [3.8, 4) is 5.75 Å². The van der Waals surface area contributed by atoms with Gasteiger partial charge in [-0.25, -0.2) is 0 Å². The van der Waals surface area contributed by atoms with Gasteiger partial charge in [0.1, 0.15) is 5.75 Å². The molecule has 128 valence electrons. The van der Waals surface area contributed by atoms with Gasteiger partial charge in [0, 0.05) is 24.0 Å². The highest BCUT2D eigenvalue weighted by Gasteiger charge is 2.38. The predicted octanol–water partition coefficient (Wildman–Crippen LogP) is 4.12. The van der Waals surface area contributed by atoms with Crippen molar-refractivity contribution in [1.29, 1.82) is 0 Å². The number of hydrogen-bond donors (Lipinski definition) is 2. The molecule has 0 aliphatic carbocycles. The van der Waals surface area contributed by atoms with Crippen molar-refractivity contribution >= 4 is 17.3 Å². The van der Waals surface area contributed by atoms with Gasteiger partial charge in [-0.1, -0.05) is 18.2 Å². The molecule has 2 aromatic rings. The van der Waals surface area contributed by atoms with E-state index in [0.717, 1.165) is 16.8 Å². The van der Waals surface area contributed by atoms with Crippen LogP contribution in [-0.4, -0.2) is 19.2 Å². The highest BCUT2D eigenvalue weighted by atomic mass is 19.4. The molecule has 0 saturated heterocycles. The van der Waals surface area contributed by atoms with Gasteiger partial charge < -0.3 is 15.4 Å². The number of methoxy groups -OCH3 is 1. The monoisotopic (exact) mass is 338 g/mol. The van der Waals surface area contributed by atoms with Crippen molar-refractivity contribution < 1.29 is 22.7 Å². The molecule has 0 saturated carbocycles. The molecule has 0 spiro atoms. The number of amides is 1. The molecule has 0 atom stereocenters. The van der Waals surface area contributed by atoms with Crippen molar-refractivity contribution in [3.63, 3.8) is 0 Å². The maximum atomic E-state index is 12.3. The summed E-state index contributed by atoms with van der Waals surface area (Å²) >= 11 is 0. The Labute approximate surface area is 137 Å². The highest BCUT2D eigenvalue weighted by molar-refractivity contribution is 5.94. The van der Waals surface area contributed by atoms with Crippen LogP contribution in [-0.2, 0) is 11.3 Å². The summed E-state index contributed by atoms with van der Waals surface area (Å²) < 4.78 is 42.0. The fraction of sp³-hybridized carbons (Fsp3) is 0.235. The van der Waals surface area contributed by atoms with E-state index in [1.807, 2.05) is 30.4 Å². The van der Waals surface area contributed by atoms with Gasteiger partial charge in [-0.05, 0) is 36.2 Å². The molecule has 0 aliphatic rings. The van der Waals surface area contributed by atoms with Crippen molar-refractivity contribution in [2.45, 2.75) is 19.6 Å². The number of rotatable bonds is 5. The second-order valence-corrected chi connectivity index (χ2v) is 5.19. The summed E-state index contributed by atoms with van der Waals surface area (Å²) in [6, 6.07) is 11.8. The molecule has 0 aliphatic heterocycles. The van der Waals surface area contributed by atoms with Gasteiger partial charge in [0.2, 0.25) is 0 Å². The van der Waals surface area contributed by atoms with E-state index in [4.69, 9.17) is 4.74 Å². The number of anilines is 2. The standard InChI is InChI=1S/C17H17F3N2O2/c1-11-6-7-14(24-2)9-15(11)21-10-12-4-3-5-13(8-12)22-16(23)17(18,19)20/h3-9,21H,10H2,1-2H3,(H,22,23). The first-order chi connectivity index (χ1) is 11.3. The number of carbonyl (C=O) groups excluding carboxylic acids is 1. The van der Waals surface area contributed by atoms with Crippen LogP contribution in [0.4, 0.5) is 24.5 Å². The van der Waals surface area contributed by atoms with Gasteiger partial charge in [0.05, 0.1) is 7.11 Å². The Hall–Kier alpha value is -2.70. The van der Waals surface area contributed by atoms with Gasteiger partial charge in [0.25, 0.3) is 0 Å². The summed E-state index contributed by atoms with van der Waals surface area (Å²) in [6.07, 6.45) is -4.91. The van der Waals surface area contributed by atoms with E-state index in [2.05, 4.69) is 5.32 Å². The number of nitrogens with one attached hydrogen (secondary N) is 2. The molecule has 1 amide bonds. The quantitative estimate of drug-likeness (QED) is 0.862. The van der Waals surface area contributed by atoms with Crippen LogP contribution in [0.2, 0.25) is 0 Å². The fourth-order valence-corrected chi connectivity index (χ4v) is 2.08. The molecule has 0 bridgehead atoms. The summed E-state index contributed by atoms with van der Waals surface area (Å²) in [6.45, 7) is 2.32. The number of ether oxygens (including phenoxy) is 1. The largest absolute Gasteiger partial charge is 0.497 e. The summed E-state index contributed by atoms with van der Waals surface area (Å²) in [5.74, 6) is -1.29. The number of carbonyl (C=O) groups is 1. The Bertz CT molecular complexity index is 730. The first kappa shape index (κ1) is 17.7. The van der Waals surface area contributed by atoms with Crippen LogP contribution in [0.5, 0.6) is 5.75 Å². The predicted molar refractivity (Wildman–Crippen MR) is 86.2 cm³/mol. The van der Waals surface area contributed by atoms with Crippen LogP contribution in [0, 0.1) is 6.92 Å². The van der Waals surface area contributed by atoms with Crippen LogP contribution in [0.15, 0.2) is 42.5 Å². The van der Waals surface area contributed by atoms with Gasteiger partial charge in [0.15, 0.2) is 0 Å². The van der Waals surface area contributed by atoms with E-state index in [-0.39, 0.29) is 5.69 Å². The number of alkyl halides is 3. The van der Waals surface area contributed by atoms with Gasteiger partial charge >= 0.3 is 12.1 Å². The van der Waals surface area contributed by atoms with Crippen LogP contribution in [0.1, 0.15) is 11.1 Å². The zero-order valence-corrected chi connectivity index (χ0v) is 13.2. The Balaban J connectivity index is 2.06. The molecule has 0 radical (unpaired) electrons. The minimum absolute atomic E-state index is 0.0963. The Morgan fingerprint density at radius 3 is 2.58 bits per heavy atom. The maximum Gasteiger partial charge on any atom is 0.471 e. The summed E-state index contributed by atoms with van der Waals surface area (Å²) in [7, 11) is 1.57. The number of benzene rings is 2. The minimum atomic E-state index is -4.91. The van der Waals surface area contributed by atoms with Crippen LogP contribution >= 0.6 is 0 Å². The SMILES string of the molecule is COc1ccc(C)c(NCc2cccc(NC(=O)C(F)(F)F)c2)c1. The van der Waals surface area contributed by atoms with Crippen LogP contribution < -0.4 is 15.4 Å². The van der Waals surface area contributed by atoms with Gasteiger partial charge in [-0.2, -0.15) is 13.2 Å². The van der Waals surface area contributed by atoms with Gasteiger partial charge in [-0.3, -0.25) is 4.79 Å². The Morgan fingerprint density at radius 1 is 1.17 bits per heavy atom. The van der Waals surface area contributed by atoms with Crippen molar-refractivity contribution in [2.24, 2.45) is 0 Å². The van der Waals surface area contributed by atoms with E-state index in [1.54, 1.807) is 19.2 Å². The molecule has 2 N–H and O–H groups in total. The first-order valence-electron chi connectivity index (χ1n) is 7.15. The third kappa shape index (κ3) is 4.65. The second kappa shape index (κ2) is 7.25. The average Bonchev–Trinajstić information content (AvgIpc) is 2.53. The summed E-state index contributed by atoms with van der Waals surface area (Å²) in [4.78, 5) is 11.0. The van der Waals surface area contributed by atoms with Crippen LogP contribution in [0.25, 0.3) is 0 Å². The summed E-state index contributed by atoms with van der Waals surface area (Å²) in [5, 5.41) is 5.04. The second-order valence-electron chi connectivity index (χ2n) is 5.19. The van der Waals surface area contributed by atoms with E-state index in [9.17, 15) is 18.0 Å². The molecular formula is C17H17F3N2O2. The zero-order valence-electron chi connectivity index (χ0n) is 13.2. The molecule has 0 aromatic heterocycles. The normalized spacial score (nSPS) is 11.0. The molecule has 0 fully saturated rings. The number of halogens is 3. The lowest BCUT2D eigenvalue weighted by atomic mass is 10.1. The first-order valence-corrected chi connectivity index (χ1v) is 7.15. The summed E-state index contributed by atoms with van der Waals surface area (Å²) in [5.41, 5.74) is 2.70. The third-order valence-electron chi connectivity index (χ3n) is 3.37. The molecular weight excluding hydrogens is 321 g/mol. The lowest BCUT2D eigenvalue weighted by molar-refractivity contribution is -0.167. The van der Waals surface area contributed by atoms with E-state index < -0.39 is 12.1 Å². The van der Waals surface area contributed by atoms with Gasteiger partial charge in [-0.15, -0.1) is 0 Å². The Kier molecular flexibility index (Phi) is 5.33. The fourth-order valence-electron chi connectivity index (χ4n) is 2.08. The smallest absolute Gasteiger partial charge is 0.471 e. The lowest BCUT2D eigenvalue weighted by Gasteiger charge is -2.13. The van der Waals surface area contributed by atoms with E-state index in [0.29, 0.717) is 12.3 Å². The topological polar surface area (TPSA) is 50.4 Å². The van der Waals surface area contributed by atoms with Crippen molar-refractivity contribution in [1.82, 2.24) is 0 Å². The molecule has 4 nitrogen and oxygen atoms in total. The lowest BCUT2D eigenvalue weighted by Crippen LogP contribution is -2.29. The molecule has 0 unspecified atom stereocenters. The number of hydrogen-bond acceptors (Lipinski definition) is 3.